The lowest BCUT2D eigenvalue weighted by atomic mass is 9.70. The summed E-state index contributed by atoms with van der Waals surface area (Å²) >= 11 is 12.3. The first-order chi connectivity index (χ1) is 15.7. The highest BCUT2D eigenvalue weighted by Gasteiger charge is 2.47. The van der Waals surface area contributed by atoms with Crippen molar-refractivity contribution in [2.45, 2.75) is 25.3 Å². The van der Waals surface area contributed by atoms with E-state index in [1.807, 2.05) is 36.4 Å². The Bertz CT molecular complexity index is 1080. The number of allylic oxidation sites excluding steroid dienone is 3. The van der Waals surface area contributed by atoms with Crippen molar-refractivity contribution in [3.63, 3.8) is 0 Å². The summed E-state index contributed by atoms with van der Waals surface area (Å²) in [5, 5.41) is 1.37. The first-order valence-corrected chi connectivity index (χ1v) is 11.5. The molecule has 2 aromatic carbocycles. The van der Waals surface area contributed by atoms with Crippen molar-refractivity contribution < 1.29 is 18.3 Å². The van der Waals surface area contributed by atoms with E-state index in [2.05, 4.69) is 17.9 Å². The summed E-state index contributed by atoms with van der Waals surface area (Å²) in [6.45, 7) is 3.33. The molecule has 3 atom stereocenters. The fraction of sp³-hybridized carbons (Fsp3) is 0.346. The average Bonchev–Trinajstić information content (AvgIpc) is 2.74. The lowest BCUT2D eigenvalue weighted by molar-refractivity contribution is -0.146. The third kappa shape index (κ3) is 5.01. The maximum atomic E-state index is 13.9. The largest absolute Gasteiger partial charge is 0.469 e. The number of halogens is 4. The zero-order chi connectivity index (χ0) is 23.8. The van der Waals surface area contributed by atoms with Crippen LogP contribution in [0.15, 0.2) is 65.7 Å². The number of carbonyl (C=O) groups is 1. The molecule has 1 aliphatic carbocycles. The molecule has 4 rings (SSSR count). The molecule has 1 saturated heterocycles. The van der Waals surface area contributed by atoms with Crippen LogP contribution < -0.4 is 0 Å². The molecule has 0 aromatic heterocycles. The fourth-order valence-corrected chi connectivity index (χ4v) is 5.30. The zero-order valence-electron chi connectivity index (χ0n) is 18.4. The van der Waals surface area contributed by atoms with Crippen molar-refractivity contribution in [1.29, 1.82) is 0 Å². The topological polar surface area (TPSA) is 29.5 Å². The zero-order valence-corrected chi connectivity index (χ0v) is 19.9. The highest BCUT2D eigenvalue weighted by Crippen LogP contribution is 2.49. The highest BCUT2D eigenvalue weighted by atomic mass is 35.5. The van der Waals surface area contributed by atoms with Crippen LogP contribution >= 0.6 is 23.2 Å². The molecule has 0 N–H and O–H groups in total. The molecule has 0 spiro atoms. The number of hydrogen-bond donors (Lipinski definition) is 0. The molecule has 0 radical (unpaired) electrons. The lowest BCUT2D eigenvalue weighted by Crippen LogP contribution is -2.55. The van der Waals surface area contributed by atoms with Gasteiger partial charge in [-0.25, -0.2) is 8.78 Å². The number of likely N-dealkylation sites (tertiary alicyclic amines) is 1. The van der Waals surface area contributed by atoms with Gasteiger partial charge in [0.1, 0.15) is 11.6 Å². The SMILES string of the molecule is COC(=O)C(c1cc(F)cc(F)c1)C1CN(C(c2ccc(Cl)cc2)C2(C)C=CC(Cl)=CC2)C1. The standard InChI is InChI=1S/C26H25Cl2F2NO2/c1-26(9-7-20(28)8-10-26)24(16-3-5-19(27)6-4-16)31-14-18(15-31)23(25(32)33-2)17-11-21(29)13-22(30)12-17/h3-9,11-13,18,23-24H,10,14-15H2,1-2H3. The molecule has 174 valence electrons. The van der Waals surface area contributed by atoms with E-state index in [4.69, 9.17) is 27.9 Å². The smallest absolute Gasteiger partial charge is 0.313 e. The summed E-state index contributed by atoms with van der Waals surface area (Å²) in [7, 11) is 1.29. The molecule has 2 aliphatic rings. The quantitative estimate of drug-likeness (QED) is 0.424. The van der Waals surface area contributed by atoms with Gasteiger partial charge < -0.3 is 4.74 Å². The molecule has 1 aliphatic heterocycles. The van der Waals surface area contributed by atoms with Crippen molar-refractivity contribution >= 4 is 29.2 Å². The Morgan fingerprint density at radius 2 is 1.73 bits per heavy atom. The van der Waals surface area contributed by atoms with E-state index < -0.39 is 23.5 Å². The van der Waals surface area contributed by atoms with Crippen molar-refractivity contribution in [3.05, 3.63) is 93.5 Å². The minimum atomic E-state index is -0.744. The molecule has 33 heavy (non-hydrogen) atoms. The summed E-state index contributed by atoms with van der Waals surface area (Å²) in [6, 6.07) is 11.0. The van der Waals surface area contributed by atoms with Crippen LogP contribution in [-0.4, -0.2) is 31.1 Å². The number of methoxy groups -OCH3 is 1. The molecule has 0 bridgehead atoms. The summed E-state index contributed by atoms with van der Waals surface area (Å²) in [4.78, 5) is 14.9. The number of ether oxygens (including phenoxy) is 1. The second kappa shape index (κ2) is 9.57. The molecule has 0 saturated carbocycles. The van der Waals surface area contributed by atoms with E-state index in [9.17, 15) is 13.6 Å². The molecular formula is C26H25Cl2F2NO2. The summed E-state index contributed by atoms with van der Waals surface area (Å²) in [6.07, 6.45) is 6.81. The fourth-order valence-electron chi connectivity index (χ4n) is 5.03. The third-order valence-electron chi connectivity index (χ3n) is 6.64. The van der Waals surface area contributed by atoms with E-state index in [0.717, 1.165) is 18.1 Å². The molecular weight excluding hydrogens is 467 g/mol. The van der Waals surface area contributed by atoms with Crippen LogP contribution in [0.1, 0.15) is 36.4 Å². The normalized spacial score (nSPS) is 22.9. The van der Waals surface area contributed by atoms with E-state index in [1.165, 1.54) is 19.2 Å². The van der Waals surface area contributed by atoms with E-state index in [-0.39, 0.29) is 17.4 Å². The third-order valence-corrected chi connectivity index (χ3v) is 7.18. The Labute approximate surface area is 202 Å². The Morgan fingerprint density at radius 3 is 2.27 bits per heavy atom. The predicted molar refractivity (Wildman–Crippen MR) is 126 cm³/mol. The van der Waals surface area contributed by atoms with Gasteiger partial charge in [0, 0.05) is 46.6 Å². The average molecular weight is 492 g/mol. The first kappa shape index (κ1) is 23.9. The van der Waals surface area contributed by atoms with Gasteiger partial charge in [0.2, 0.25) is 0 Å². The van der Waals surface area contributed by atoms with E-state index in [0.29, 0.717) is 28.7 Å². The van der Waals surface area contributed by atoms with Crippen LogP contribution in [0.5, 0.6) is 0 Å². The highest BCUT2D eigenvalue weighted by molar-refractivity contribution is 6.31. The van der Waals surface area contributed by atoms with Gasteiger partial charge in [0.15, 0.2) is 0 Å². The molecule has 2 aromatic rings. The second-order valence-electron chi connectivity index (χ2n) is 9.00. The van der Waals surface area contributed by atoms with Gasteiger partial charge in [-0.15, -0.1) is 0 Å². The minimum Gasteiger partial charge on any atom is -0.469 e. The van der Waals surface area contributed by atoms with Gasteiger partial charge in [0.25, 0.3) is 0 Å². The first-order valence-electron chi connectivity index (χ1n) is 10.8. The van der Waals surface area contributed by atoms with Crippen LogP contribution in [0.25, 0.3) is 0 Å². The Morgan fingerprint density at radius 1 is 1.09 bits per heavy atom. The molecule has 1 fully saturated rings. The van der Waals surface area contributed by atoms with Gasteiger partial charge in [-0.1, -0.05) is 54.4 Å². The second-order valence-corrected chi connectivity index (χ2v) is 9.88. The van der Waals surface area contributed by atoms with Crippen LogP contribution in [0, 0.1) is 23.0 Å². The minimum absolute atomic E-state index is 0.00539. The van der Waals surface area contributed by atoms with Crippen LogP contribution in [0.3, 0.4) is 0 Å². The van der Waals surface area contributed by atoms with E-state index in [1.54, 1.807) is 0 Å². The summed E-state index contributed by atoms with van der Waals surface area (Å²) in [5.74, 6) is -2.79. The molecule has 7 heteroatoms. The molecule has 3 unspecified atom stereocenters. The predicted octanol–water partition coefficient (Wildman–Crippen LogP) is 6.64. The number of hydrogen-bond acceptors (Lipinski definition) is 3. The van der Waals surface area contributed by atoms with Gasteiger partial charge >= 0.3 is 5.97 Å². The van der Waals surface area contributed by atoms with Crippen molar-refractivity contribution in [1.82, 2.24) is 4.90 Å². The van der Waals surface area contributed by atoms with Crippen molar-refractivity contribution in [2.24, 2.45) is 11.3 Å². The maximum absolute atomic E-state index is 13.9. The Hall–Kier alpha value is -2.21. The number of rotatable bonds is 6. The van der Waals surface area contributed by atoms with Crippen LogP contribution in [0.4, 0.5) is 8.78 Å². The van der Waals surface area contributed by atoms with Gasteiger partial charge in [-0.2, -0.15) is 0 Å². The number of benzene rings is 2. The van der Waals surface area contributed by atoms with Gasteiger partial charge in [-0.3, -0.25) is 9.69 Å². The molecule has 3 nitrogen and oxygen atoms in total. The summed E-state index contributed by atoms with van der Waals surface area (Å²) < 4.78 is 32.8. The Balaban J connectivity index is 1.62. The lowest BCUT2D eigenvalue weighted by Gasteiger charge is -2.52. The van der Waals surface area contributed by atoms with Crippen molar-refractivity contribution in [3.8, 4) is 0 Å². The van der Waals surface area contributed by atoms with Crippen LogP contribution in [-0.2, 0) is 9.53 Å². The number of nitrogens with zero attached hydrogens (tertiary/aromatic N) is 1. The number of carbonyl (C=O) groups excluding carboxylic acids is 1. The molecule has 1 heterocycles. The van der Waals surface area contributed by atoms with Crippen molar-refractivity contribution in [2.75, 3.05) is 20.2 Å². The summed E-state index contributed by atoms with van der Waals surface area (Å²) in [5.41, 5.74) is 1.16. The number of esters is 1. The van der Waals surface area contributed by atoms with E-state index >= 15 is 0 Å². The maximum Gasteiger partial charge on any atom is 0.313 e. The monoisotopic (exact) mass is 491 g/mol. The van der Waals surface area contributed by atoms with Crippen LogP contribution in [0.2, 0.25) is 5.02 Å². The molecule has 0 amide bonds. The van der Waals surface area contributed by atoms with Gasteiger partial charge in [-0.05, 0) is 47.9 Å². The van der Waals surface area contributed by atoms with Gasteiger partial charge in [0.05, 0.1) is 13.0 Å². The Kier molecular flexibility index (Phi) is 6.94.